The molecule has 0 bridgehead atoms. The van der Waals surface area contributed by atoms with Crippen molar-refractivity contribution in [2.75, 3.05) is 6.54 Å². The first-order chi connectivity index (χ1) is 7.90. The van der Waals surface area contributed by atoms with Gasteiger partial charge in [-0.3, -0.25) is 0 Å². The molecule has 1 aromatic carbocycles. The summed E-state index contributed by atoms with van der Waals surface area (Å²) < 4.78 is 27.6. The number of hydrogen-bond donors (Lipinski definition) is 2. The molecule has 3 N–H and O–H groups in total. The first-order valence-electron chi connectivity index (χ1n) is 5.39. The standard InChI is InChI=1S/C11H17BrN2O2S/c1-3-9(7-13)14-17(15,16)10-4-5-11(12)8(2)6-10/h4-6,9,14H,3,7,13H2,1-2H3. The summed E-state index contributed by atoms with van der Waals surface area (Å²) in [4.78, 5) is 0.269. The number of sulfonamides is 1. The summed E-state index contributed by atoms with van der Waals surface area (Å²) >= 11 is 3.34. The van der Waals surface area contributed by atoms with E-state index >= 15 is 0 Å². The van der Waals surface area contributed by atoms with Gasteiger partial charge in [0.05, 0.1) is 4.90 Å². The van der Waals surface area contributed by atoms with Crippen LogP contribution in [0.3, 0.4) is 0 Å². The van der Waals surface area contributed by atoms with Crippen LogP contribution in [0.2, 0.25) is 0 Å². The van der Waals surface area contributed by atoms with Gasteiger partial charge in [0.1, 0.15) is 0 Å². The van der Waals surface area contributed by atoms with Crippen LogP contribution in [0.5, 0.6) is 0 Å². The summed E-state index contributed by atoms with van der Waals surface area (Å²) in [5.74, 6) is 0. The molecule has 6 heteroatoms. The SMILES string of the molecule is CCC(CN)NS(=O)(=O)c1ccc(Br)c(C)c1. The summed E-state index contributed by atoms with van der Waals surface area (Å²) in [7, 11) is -3.47. The molecule has 0 aliphatic rings. The van der Waals surface area contributed by atoms with E-state index in [4.69, 9.17) is 5.73 Å². The van der Waals surface area contributed by atoms with E-state index in [1.165, 1.54) is 0 Å². The van der Waals surface area contributed by atoms with E-state index in [-0.39, 0.29) is 10.9 Å². The minimum atomic E-state index is -3.47. The number of benzene rings is 1. The number of halogens is 1. The van der Waals surface area contributed by atoms with Gasteiger partial charge in [0.2, 0.25) is 10.0 Å². The highest BCUT2D eigenvalue weighted by molar-refractivity contribution is 9.10. The number of hydrogen-bond acceptors (Lipinski definition) is 3. The quantitative estimate of drug-likeness (QED) is 0.868. The number of nitrogens with one attached hydrogen (secondary N) is 1. The van der Waals surface area contributed by atoms with Crippen LogP contribution >= 0.6 is 15.9 Å². The zero-order valence-electron chi connectivity index (χ0n) is 9.90. The van der Waals surface area contributed by atoms with Crippen molar-refractivity contribution in [3.05, 3.63) is 28.2 Å². The second kappa shape index (κ2) is 5.95. The normalized spacial score (nSPS) is 13.6. The largest absolute Gasteiger partial charge is 0.329 e. The molecule has 1 atom stereocenters. The van der Waals surface area contributed by atoms with Gasteiger partial charge in [0, 0.05) is 17.1 Å². The van der Waals surface area contributed by atoms with E-state index in [0.29, 0.717) is 13.0 Å². The van der Waals surface area contributed by atoms with Crippen molar-refractivity contribution in [1.82, 2.24) is 4.72 Å². The highest BCUT2D eigenvalue weighted by atomic mass is 79.9. The summed E-state index contributed by atoms with van der Waals surface area (Å²) in [5, 5.41) is 0. The molecule has 0 fully saturated rings. The first kappa shape index (κ1) is 14.6. The van der Waals surface area contributed by atoms with Gasteiger partial charge in [-0.1, -0.05) is 22.9 Å². The molecule has 17 heavy (non-hydrogen) atoms. The predicted octanol–water partition coefficient (Wildman–Crippen LogP) is 1.77. The van der Waals surface area contributed by atoms with Gasteiger partial charge in [-0.05, 0) is 37.1 Å². The second-order valence-corrected chi connectivity index (χ2v) is 6.44. The van der Waals surface area contributed by atoms with Crippen molar-refractivity contribution >= 4 is 26.0 Å². The van der Waals surface area contributed by atoms with Crippen molar-refractivity contribution < 1.29 is 8.42 Å². The third kappa shape index (κ3) is 3.77. The molecular formula is C11H17BrN2O2S. The minimum absolute atomic E-state index is 0.219. The Morgan fingerprint density at radius 3 is 2.59 bits per heavy atom. The van der Waals surface area contributed by atoms with Crippen LogP contribution in [-0.4, -0.2) is 21.0 Å². The highest BCUT2D eigenvalue weighted by Gasteiger charge is 2.18. The average Bonchev–Trinajstić information content (AvgIpc) is 2.29. The van der Waals surface area contributed by atoms with E-state index in [9.17, 15) is 8.42 Å². The Labute approximate surface area is 111 Å². The van der Waals surface area contributed by atoms with Crippen LogP contribution in [-0.2, 0) is 10.0 Å². The maximum Gasteiger partial charge on any atom is 0.240 e. The zero-order valence-corrected chi connectivity index (χ0v) is 12.3. The Bertz CT molecular complexity index is 484. The molecule has 0 spiro atoms. The first-order valence-corrected chi connectivity index (χ1v) is 7.67. The molecule has 0 aliphatic carbocycles. The van der Waals surface area contributed by atoms with Gasteiger partial charge in [0.25, 0.3) is 0 Å². The van der Waals surface area contributed by atoms with Gasteiger partial charge in [-0.2, -0.15) is 0 Å². The van der Waals surface area contributed by atoms with Gasteiger partial charge in [-0.15, -0.1) is 0 Å². The Kier molecular flexibility index (Phi) is 5.12. The fraction of sp³-hybridized carbons (Fsp3) is 0.455. The summed E-state index contributed by atoms with van der Waals surface area (Å²) in [6, 6.07) is 4.72. The fourth-order valence-corrected chi connectivity index (χ4v) is 3.03. The van der Waals surface area contributed by atoms with E-state index in [0.717, 1.165) is 10.0 Å². The third-order valence-corrected chi connectivity index (χ3v) is 4.95. The smallest absolute Gasteiger partial charge is 0.240 e. The van der Waals surface area contributed by atoms with Crippen molar-refractivity contribution in [3.63, 3.8) is 0 Å². The lowest BCUT2D eigenvalue weighted by Crippen LogP contribution is -2.39. The molecule has 0 amide bonds. The number of rotatable bonds is 5. The second-order valence-electron chi connectivity index (χ2n) is 3.87. The molecule has 0 radical (unpaired) electrons. The molecule has 96 valence electrons. The molecule has 0 saturated heterocycles. The fourth-order valence-electron chi connectivity index (χ4n) is 1.37. The van der Waals surface area contributed by atoms with Crippen molar-refractivity contribution in [2.45, 2.75) is 31.2 Å². The maximum absolute atomic E-state index is 12.0. The lowest BCUT2D eigenvalue weighted by Gasteiger charge is -2.15. The monoisotopic (exact) mass is 320 g/mol. The molecule has 4 nitrogen and oxygen atoms in total. The van der Waals surface area contributed by atoms with E-state index in [1.54, 1.807) is 18.2 Å². The summed E-state index contributed by atoms with van der Waals surface area (Å²) in [6.07, 6.45) is 0.672. The Morgan fingerprint density at radius 2 is 2.12 bits per heavy atom. The lowest BCUT2D eigenvalue weighted by molar-refractivity contribution is 0.542. The van der Waals surface area contributed by atoms with Gasteiger partial charge in [0.15, 0.2) is 0 Å². The van der Waals surface area contributed by atoms with E-state index in [1.807, 2.05) is 13.8 Å². The lowest BCUT2D eigenvalue weighted by atomic mass is 10.2. The van der Waals surface area contributed by atoms with Crippen LogP contribution < -0.4 is 10.5 Å². The third-order valence-electron chi connectivity index (χ3n) is 2.54. The molecule has 0 saturated carbocycles. The molecule has 1 unspecified atom stereocenters. The topological polar surface area (TPSA) is 72.2 Å². The van der Waals surface area contributed by atoms with Crippen LogP contribution in [0.25, 0.3) is 0 Å². The molecule has 0 aromatic heterocycles. The summed E-state index contributed by atoms with van der Waals surface area (Å²) in [5.41, 5.74) is 6.37. The predicted molar refractivity (Wildman–Crippen MR) is 72.3 cm³/mol. The van der Waals surface area contributed by atoms with Crippen molar-refractivity contribution in [2.24, 2.45) is 5.73 Å². The van der Waals surface area contributed by atoms with Gasteiger partial charge in [-0.25, -0.2) is 13.1 Å². The Morgan fingerprint density at radius 1 is 1.47 bits per heavy atom. The van der Waals surface area contributed by atoms with E-state index < -0.39 is 10.0 Å². The Hall–Kier alpha value is -0.430. The van der Waals surface area contributed by atoms with Crippen molar-refractivity contribution in [1.29, 1.82) is 0 Å². The van der Waals surface area contributed by atoms with Crippen molar-refractivity contribution in [3.8, 4) is 0 Å². The number of aryl methyl sites for hydroxylation is 1. The molecule has 0 heterocycles. The van der Waals surface area contributed by atoms with E-state index in [2.05, 4.69) is 20.7 Å². The van der Waals surface area contributed by atoms with Crippen LogP contribution in [0, 0.1) is 6.92 Å². The molecule has 1 aromatic rings. The average molecular weight is 321 g/mol. The molecular weight excluding hydrogens is 304 g/mol. The molecule has 1 rings (SSSR count). The zero-order chi connectivity index (χ0) is 13.1. The van der Waals surface area contributed by atoms with Crippen LogP contribution in [0.15, 0.2) is 27.6 Å². The van der Waals surface area contributed by atoms with Gasteiger partial charge >= 0.3 is 0 Å². The van der Waals surface area contributed by atoms with Gasteiger partial charge < -0.3 is 5.73 Å². The van der Waals surface area contributed by atoms with Crippen LogP contribution in [0.4, 0.5) is 0 Å². The highest BCUT2D eigenvalue weighted by Crippen LogP contribution is 2.20. The maximum atomic E-state index is 12.0. The molecule has 0 aliphatic heterocycles. The summed E-state index contributed by atoms with van der Waals surface area (Å²) in [6.45, 7) is 4.04. The number of nitrogens with two attached hydrogens (primary N) is 1. The minimum Gasteiger partial charge on any atom is -0.329 e. The van der Waals surface area contributed by atoms with Crippen LogP contribution in [0.1, 0.15) is 18.9 Å². The Balaban J connectivity index is 3.01.